The van der Waals surface area contributed by atoms with Gasteiger partial charge in [0.2, 0.25) is 0 Å². The van der Waals surface area contributed by atoms with Crippen molar-refractivity contribution in [2.45, 2.75) is 46.9 Å². The monoisotopic (exact) mass is 474 g/mol. The van der Waals surface area contributed by atoms with Gasteiger partial charge in [-0.1, -0.05) is 0 Å². The van der Waals surface area contributed by atoms with Gasteiger partial charge in [0.25, 0.3) is 0 Å². The number of sulfone groups is 1. The van der Waals surface area contributed by atoms with Crippen LogP contribution in [0.2, 0.25) is 0 Å². The van der Waals surface area contributed by atoms with Crippen LogP contribution in [-0.2, 0) is 29.0 Å². The molecule has 2 rings (SSSR count). The smallest absolute Gasteiger partial charge is 0.307 e. The maximum atomic E-state index is 13.2. The van der Waals surface area contributed by atoms with E-state index in [1.807, 2.05) is 0 Å². The molecule has 29 heavy (non-hydrogen) atoms. The second kappa shape index (κ2) is 8.65. The van der Waals surface area contributed by atoms with Gasteiger partial charge in [0.1, 0.15) is 0 Å². The van der Waals surface area contributed by atoms with E-state index in [1.54, 1.807) is 0 Å². The van der Waals surface area contributed by atoms with E-state index in [4.69, 9.17) is 23.2 Å². The van der Waals surface area contributed by atoms with Gasteiger partial charge in [-0.15, -0.1) is 23.2 Å². The van der Waals surface area contributed by atoms with Gasteiger partial charge in [0.15, 0.2) is 9.84 Å². The fourth-order valence-electron chi connectivity index (χ4n) is 4.24. The summed E-state index contributed by atoms with van der Waals surface area (Å²) < 4.78 is 26.4. The first-order valence-electron chi connectivity index (χ1n) is 8.71. The highest BCUT2D eigenvalue weighted by atomic mass is 35.5. The molecule has 4 N–H and O–H groups in total. The molecule has 0 spiro atoms. The largest absolute Gasteiger partial charge is 0.481 e. The van der Waals surface area contributed by atoms with E-state index in [1.165, 1.54) is 0 Å². The molecule has 13 heteroatoms. The first-order valence-corrected chi connectivity index (χ1v) is 11.2. The average Bonchev–Trinajstić information content (AvgIpc) is 2.59. The predicted octanol–water partition coefficient (Wildman–Crippen LogP) is 0.744. The molecule has 2 fully saturated rings. The Morgan fingerprint density at radius 2 is 0.828 bits per heavy atom. The van der Waals surface area contributed by atoms with Crippen LogP contribution in [0.4, 0.5) is 0 Å². The summed E-state index contributed by atoms with van der Waals surface area (Å²) in [6.07, 6.45) is -1.89. The zero-order valence-corrected chi connectivity index (χ0v) is 17.2. The molecule has 0 aromatic heterocycles. The Hall–Kier alpha value is -1.59. The molecular weight excluding hydrogens is 455 g/mol. The molecule has 0 aromatic rings. The standard InChI is InChI=1S/C16H20Cl2O10S/c17-9-1-5(13(19)20)7(15(23)24)3-11(9)29(27,28)12-4-8(16(25)26)6(14(21)22)2-10(12)18/h5-12H,1-4H2,(H,19,20)(H,21,22)(H,23,24)(H,25,26). The van der Waals surface area contributed by atoms with Crippen molar-refractivity contribution in [3.63, 3.8) is 0 Å². The molecule has 0 aromatic carbocycles. The molecule has 164 valence electrons. The van der Waals surface area contributed by atoms with E-state index in [0.29, 0.717) is 0 Å². The number of carbonyl (C=O) groups is 4. The molecular formula is C16H20Cl2O10S. The van der Waals surface area contributed by atoms with Crippen molar-refractivity contribution in [2.24, 2.45) is 23.7 Å². The zero-order valence-electron chi connectivity index (χ0n) is 14.8. The van der Waals surface area contributed by atoms with Crippen LogP contribution in [0.5, 0.6) is 0 Å². The maximum Gasteiger partial charge on any atom is 0.307 e. The molecule has 0 aliphatic heterocycles. The summed E-state index contributed by atoms with van der Waals surface area (Å²) in [4.78, 5) is 45.6. The molecule has 0 saturated heterocycles. The summed E-state index contributed by atoms with van der Waals surface area (Å²) in [6, 6.07) is 0. The van der Waals surface area contributed by atoms with Gasteiger partial charge < -0.3 is 20.4 Å². The molecule has 10 nitrogen and oxygen atoms in total. The average molecular weight is 475 g/mol. The highest BCUT2D eigenvalue weighted by molar-refractivity contribution is 7.92. The van der Waals surface area contributed by atoms with Crippen molar-refractivity contribution >= 4 is 56.9 Å². The summed E-state index contributed by atoms with van der Waals surface area (Å²) in [7, 11) is -4.29. The molecule has 2 aliphatic carbocycles. The lowest BCUT2D eigenvalue weighted by atomic mass is 9.78. The second-order valence-corrected chi connectivity index (χ2v) is 10.9. The van der Waals surface area contributed by atoms with Crippen LogP contribution < -0.4 is 0 Å². The van der Waals surface area contributed by atoms with Crippen LogP contribution in [0.15, 0.2) is 0 Å². The lowest BCUT2D eigenvalue weighted by Gasteiger charge is -2.40. The minimum absolute atomic E-state index is 0.391. The Bertz CT molecular complexity index is 753. The van der Waals surface area contributed by atoms with E-state index >= 15 is 0 Å². The van der Waals surface area contributed by atoms with Gasteiger partial charge >= 0.3 is 23.9 Å². The Kier molecular flexibility index (Phi) is 7.06. The lowest BCUT2D eigenvalue weighted by Crippen LogP contribution is -2.53. The molecule has 8 atom stereocenters. The van der Waals surface area contributed by atoms with Crippen molar-refractivity contribution in [2.75, 3.05) is 0 Å². The van der Waals surface area contributed by atoms with Crippen molar-refractivity contribution in [1.82, 2.24) is 0 Å². The van der Waals surface area contributed by atoms with Gasteiger partial charge in [-0.2, -0.15) is 0 Å². The predicted molar refractivity (Wildman–Crippen MR) is 98.7 cm³/mol. The summed E-state index contributed by atoms with van der Waals surface area (Å²) in [5.74, 6) is -11.4. The molecule has 0 heterocycles. The molecule has 0 radical (unpaired) electrons. The third kappa shape index (κ3) is 4.61. The number of alkyl halides is 2. The van der Waals surface area contributed by atoms with Crippen LogP contribution in [0.25, 0.3) is 0 Å². The van der Waals surface area contributed by atoms with Crippen LogP contribution >= 0.6 is 23.2 Å². The number of hydrogen-bond donors (Lipinski definition) is 4. The zero-order chi connectivity index (χ0) is 22.3. The molecule has 2 saturated carbocycles. The Morgan fingerprint density at radius 1 is 0.586 bits per heavy atom. The first-order chi connectivity index (χ1) is 13.3. The molecule has 2 aliphatic rings. The van der Waals surface area contributed by atoms with E-state index in [9.17, 15) is 48.0 Å². The Morgan fingerprint density at radius 3 is 1.07 bits per heavy atom. The van der Waals surface area contributed by atoms with E-state index in [-0.39, 0.29) is 0 Å². The van der Waals surface area contributed by atoms with Gasteiger partial charge in [-0.3, -0.25) is 19.2 Å². The number of rotatable bonds is 6. The topological polar surface area (TPSA) is 183 Å². The van der Waals surface area contributed by atoms with Crippen molar-refractivity contribution < 1.29 is 48.0 Å². The number of hydrogen-bond acceptors (Lipinski definition) is 6. The highest BCUT2D eigenvalue weighted by Crippen LogP contribution is 2.43. The van der Waals surface area contributed by atoms with Crippen LogP contribution in [-0.4, -0.2) is 74.0 Å². The first kappa shape index (κ1) is 23.7. The minimum atomic E-state index is -4.29. The van der Waals surface area contributed by atoms with E-state index in [0.717, 1.165) is 0 Å². The Balaban J connectivity index is 2.35. The quantitative estimate of drug-likeness (QED) is 0.400. The van der Waals surface area contributed by atoms with Gasteiger partial charge in [0.05, 0.1) is 44.9 Å². The normalized spacial score (nSPS) is 38.1. The molecule has 0 bridgehead atoms. The van der Waals surface area contributed by atoms with Crippen molar-refractivity contribution in [3.8, 4) is 0 Å². The molecule has 0 amide bonds. The summed E-state index contributed by atoms with van der Waals surface area (Å²) >= 11 is 12.3. The second-order valence-electron chi connectivity index (χ2n) is 7.42. The van der Waals surface area contributed by atoms with Crippen molar-refractivity contribution in [3.05, 3.63) is 0 Å². The summed E-state index contributed by atoms with van der Waals surface area (Å²) in [6.45, 7) is 0. The van der Waals surface area contributed by atoms with Crippen molar-refractivity contribution in [1.29, 1.82) is 0 Å². The van der Waals surface area contributed by atoms with Gasteiger partial charge in [0, 0.05) is 0 Å². The minimum Gasteiger partial charge on any atom is -0.481 e. The van der Waals surface area contributed by atoms with E-state index in [2.05, 4.69) is 0 Å². The van der Waals surface area contributed by atoms with E-state index < -0.39 is 104 Å². The number of aliphatic carboxylic acids is 4. The third-order valence-electron chi connectivity index (χ3n) is 5.82. The fourth-order valence-corrected chi connectivity index (χ4v) is 8.13. The maximum absolute atomic E-state index is 13.2. The number of carboxylic acids is 4. The summed E-state index contributed by atoms with van der Waals surface area (Å²) in [5.41, 5.74) is 0. The van der Waals surface area contributed by atoms with Gasteiger partial charge in [-0.25, -0.2) is 8.42 Å². The van der Waals surface area contributed by atoms with Crippen LogP contribution in [0, 0.1) is 23.7 Å². The highest BCUT2D eigenvalue weighted by Gasteiger charge is 2.54. The van der Waals surface area contributed by atoms with Gasteiger partial charge in [-0.05, 0) is 25.7 Å². The lowest BCUT2D eigenvalue weighted by molar-refractivity contribution is -0.155. The number of carboxylic acid groups (broad SMARTS) is 4. The SMILES string of the molecule is O=C(O)C1CC(Cl)C(S(=O)(=O)C2CC(C(=O)O)C(C(=O)O)CC2Cl)CC1C(=O)O. The van der Waals surface area contributed by atoms with Crippen LogP contribution in [0.3, 0.4) is 0 Å². The van der Waals surface area contributed by atoms with Crippen LogP contribution in [0.1, 0.15) is 25.7 Å². The molecule has 8 unspecified atom stereocenters. The fraction of sp³-hybridized carbons (Fsp3) is 0.750. The summed E-state index contributed by atoms with van der Waals surface area (Å²) in [5, 5.41) is 31.8. The Labute approximate surface area is 175 Å². The third-order valence-corrected chi connectivity index (χ3v) is 9.82. The number of halogens is 2.